The van der Waals surface area contributed by atoms with Gasteiger partial charge in [-0.2, -0.15) is 5.10 Å². The topological polar surface area (TPSA) is 54.5 Å². The van der Waals surface area contributed by atoms with E-state index in [1.807, 2.05) is 19.4 Å². The van der Waals surface area contributed by atoms with Crippen molar-refractivity contribution in [1.29, 1.82) is 0 Å². The molecule has 1 aliphatic heterocycles. The Balaban J connectivity index is 1.52. The van der Waals surface area contributed by atoms with Gasteiger partial charge in [0, 0.05) is 50.4 Å². The summed E-state index contributed by atoms with van der Waals surface area (Å²) in [6.45, 7) is 4.50. The minimum Gasteiger partial charge on any atom is -0.451 e. The highest BCUT2D eigenvalue weighted by Crippen LogP contribution is 2.27. The molecule has 0 saturated carbocycles. The van der Waals surface area contributed by atoms with Crippen LogP contribution < -0.4 is 4.90 Å². The van der Waals surface area contributed by atoms with Crippen LogP contribution in [0.25, 0.3) is 11.0 Å². The number of aromatic nitrogens is 2. The second-order valence-electron chi connectivity index (χ2n) is 6.35. The lowest BCUT2D eigenvalue weighted by Gasteiger charge is -2.35. The van der Waals surface area contributed by atoms with E-state index in [2.05, 4.69) is 10.00 Å². The summed E-state index contributed by atoms with van der Waals surface area (Å²) in [6.07, 6.45) is 3.80. The number of aryl methyl sites for hydroxylation is 2. The van der Waals surface area contributed by atoms with Crippen LogP contribution in [0.4, 0.5) is 10.1 Å². The van der Waals surface area contributed by atoms with E-state index in [-0.39, 0.29) is 11.7 Å². The Morgan fingerprint density at radius 2 is 2.00 bits per heavy atom. The molecule has 0 N–H and O–H groups in total. The van der Waals surface area contributed by atoms with Gasteiger partial charge >= 0.3 is 0 Å². The summed E-state index contributed by atoms with van der Waals surface area (Å²) in [5.41, 5.74) is 2.29. The van der Waals surface area contributed by atoms with Gasteiger partial charge in [0.25, 0.3) is 5.91 Å². The van der Waals surface area contributed by atoms with E-state index < -0.39 is 0 Å². The number of halogens is 1. The highest BCUT2D eigenvalue weighted by atomic mass is 19.1. The number of piperazine rings is 1. The molecule has 6 nitrogen and oxygen atoms in total. The van der Waals surface area contributed by atoms with Crippen molar-refractivity contribution in [2.24, 2.45) is 7.05 Å². The van der Waals surface area contributed by atoms with E-state index in [9.17, 15) is 9.18 Å². The van der Waals surface area contributed by atoms with Crippen LogP contribution in [0.3, 0.4) is 0 Å². The Labute approximate surface area is 144 Å². The van der Waals surface area contributed by atoms with Gasteiger partial charge in [0.15, 0.2) is 5.76 Å². The van der Waals surface area contributed by atoms with E-state index in [1.54, 1.807) is 22.6 Å². The van der Waals surface area contributed by atoms with Crippen molar-refractivity contribution in [3.63, 3.8) is 0 Å². The molecule has 3 heterocycles. The van der Waals surface area contributed by atoms with Crippen LogP contribution in [0.2, 0.25) is 0 Å². The normalized spacial score (nSPS) is 15.2. The minimum atomic E-state index is -0.333. The predicted octanol–water partition coefficient (Wildman–Crippen LogP) is 2.58. The molecule has 7 heteroatoms. The maximum atomic E-state index is 13.4. The van der Waals surface area contributed by atoms with E-state index in [4.69, 9.17) is 4.42 Å². The van der Waals surface area contributed by atoms with E-state index >= 15 is 0 Å². The number of rotatable bonds is 2. The molecular formula is C18H19FN4O2. The molecule has 1 aliphatic rings. The van der Waals surface area contributed by atoms with Gasteiger partial charge in [0.05, 0.1) is 11.9 Å². The van der Waals surface area contributed by atoms with Gasteiger partial charge in [0.1, 0.15) is 11.4 Å². The Morgan fingerprint density at radius 3 is 2.68 bits per heavy atom. The number of furan rings is 1. The molecule has 25 heavy (non-hydrogen) atoms. The first-order valence-electron chi connectivity index (χ1n) is 8.24. The van der Waals surface area contributed by atoms with E-state index in [1.165, 1.54) is 12.1 Å². The molecule has 0 bridgehead atoms. The molecule has 130 valence electrons. The van der Waals surface area contributed by atoms with Crippen molar-refractivity contribution < 1.29 is 13.6 Å². The lowest BCUT2D eigenvalue weighted by molar-refractivity contribution is 0.0716. The van der Waals surface area contributed by atoms with Crippen molar-refractivity contribution >= 4 is 22.6 Å². The first-order valence-corrected chi connectivity index (χ1v) is 8.24. The molecule has 1 aromatic carbocycles. The number of nitrogens with zero attached hydrogens (tertiary/aromatic N) is 4. The molecule has 1 fully saturated rings. The van der Waals surface area contributed by atoms with Gasteiger partial charge in [-0.25, -0.2) is 4.39 Å². The maximum absolute atomic E-state index is 13.4. The Kier molecular flexibility index (Phi) is 3.71. The zero-order valence-corrected chi connectivity index (χ0v) is 14.2. The summed E-state index contributed by atoms with van der Waals surface area (Å²) in [4.78, 5) is 16.8. The first kappa shape index (κ1) is 15.7. The Bertz CT molecular complexity index is 938. The highest BCUT2D eigenvalue weighted by Gasteiger charge is 2.27. The van der Waals surface area contributed by atoms with E-state index in [0.717, 1.165) is 18.8 Å². The zero-order chi connectivity index (χ0) is 17.6. The second-order valence-corrected chi connectivity index (χ2v) is 6.35. The van der Waals surface area contributed by atoms with Crippen molar-refractivity contribution in [2.75, 3.05) is 31.1 Å². The standard InChI is InChI=1S/C18H19FN4O2/c1-12-15-9-13(19)3-4-16(15)25-17(12)18(24)23-7-5-22(6-8-23)14-10-20-21(2)11-14/h3-4,9-11H,5-8H2,1-2H3. The third kappa shape index (κ3) is 2.75. The number of fused-ring (bicyclic) bond motifs is 1. The minimum absolute atomic E-state index is 0.139. The lowest BCUT2D eigenvalue weighted by Crippen LogP contribution is -2.48. The molecule has 2 aromatic heterocycles. The van der Waals surface area contributed by atoms with E-state index in [0.29, 0.717) is 35.4 Å². The molecular weight excluding hydrogens is 323 g/mol. The average Bonchev–Trinajstić information content (AvgIpc) is 3.19. The van der Waals surface area contributed by atoms with Crippen LogP contribution in [0.5, 0.6) is 0 Å². The SMILES string of the molecule is Cc1c(C(=O)N2CCN(c3cnn(C)c3)CC2)oc2ccc(F)cc12. The predicted molar refractivity (Wildman–Crippen MR) is 92.2 cm³/mol. The third-order valence-electron chi connectivity index (χ3n) is 4.72. The number of hydrogen-bond acceptors (Lipinski definition) is 4. The van der Waals surface area contributed by atoms with Gasteiger partial charge < -0.3 is 14.2 Å². The fraction of sp³-hybridized carbons (Fsp3) is 0.333. The quantitative estimate of drug-likeness (QED) is 0.718. The molecule has 0 spiro atoms. The van der Waals surface area contributed by atoms with Gasteiger partial charge in [-0.3, -0.25) is 9.48 Å². The van der Waals surface area contributed by atoms with Gasteiger partial charge in [-0.1, -0.05) is 0 Å². The fourth-order valence-corrected chi connectivity index (χ4v) is 3.28. The smallest absolute Gasteiger partial charge is 0.290 e. The van der Waals surface area contributed by atoms with Gasteiger partial charge in [-0.05, 0) is 25.1 Å². The second kappa shape index (κ2) is 5.91. The zero-order valence-electron chi connectivity index (χ0n) is 14.2. The van der Waals surface area contributed by atoms with Crippen LogP contribution >= 0.6 is 0 Å². The molecule has 4 rings (SSSR count). The molecule has 0 aliphatic carbocycles. The Hall–Kier alpha value is -2.83. The number of anilines is 1. The van der Waals surface area contributed by atoms with Crippen LogP contribution in [0.15, 0.2) is 35.0 Å². The molecule has 3 aromatic rings. The summed E-state index contributed by atoms with van der Waals surface area (Å²) in [5.74, 6) is -0.171. The van der Waals surface area contributed by atoms with Crippen LogP contribution in [0, 0.1) is 12.7 Å². The highest BCUT2D eigenvalue weighted by molar-refractivity contribution is 5.99. The summed E-state index contributed by atoms with van der Waals surface area (Å²) in [7, 11) is 1.89. The van der Waals surface area contributed by atoms with Crippen molar-refractivity contribution in [1.82, 2.24) is 14.7 Å². The number of carbonyl (C=O) groups excluding carboxylic acids is 1. The fourth-order valence-electron chi connectivity index (χ4n) is 3.28. The molecule has 0 radical (unpaired) electrons. The Morgan fingerprint density at radius 1 is 1.24 bits per heavy atom. The summed E-state index contributed by atoms with van der Waals surface area (Å²) < 4.78 is 20.9. The average molecular weight is 342 g/mol. The number of amides is 1. The summed E-state index contributed by atoms with van der Waals surface area (Å²) >= 11 is 0. The molecule has 0 atom stereocenters. The monoisotopic (exact) mass is 342 g/mol. The van der Waals surface area contributed by atoms with Crippen LogP contribution in [0.1, 0.15) is 16.1 Å². The lowest BCUT2D eigenvalue weighted by atomic mass is 10.1. The van der Waals surface area contributed by atoms with Crippen molar-refractivity contribution in [3.05, 3.63) is 47.7 Å². The number of hydrogen-bond donors (Lipinski definition) is 0. The van der Waals surface area contributed by atoms with Crippen LogP contribution in [-0.4, -0.2) is 46.8 Å². The molecule has 1 amide bonds. The van der Waals surface area contributed by atoms with Crippen molar-refractivity contribution in [3.8, 4) is 0 Å². The third-order valence-corrected chi connectivity index (χ3v) is 4.72. The first-order chi connectivity index (χ1) is 12.0. The largest absolute Gasteiger partial charge is 0.451 e. The van der Waals surface area contributed by atoms with Crippen LogP contribution in [-0.2, 0) is 7.05 Å². The maximum Gasteiger partial charge on any atom is 0.290 e. The van der Waals surface area contributed by atoms with Crippen molar-refractivity contribution in [2.45, 2.75) is 6.92 Å². The number of benzene rings is 1. The van der Waals surface area contributed by atoms with Gasteiger partial charge in [-0.15, -0.1) is 0 Å². The number of carbonyl (C=O) groups is 1. The molecule has 1 saturated heterocycles. The summed E-state index contributed by atoms with van der Waals surface area (Å²) in [5, 5.41) is 4.84. The molecule has 0 unspecified atom stereocenters. The van der Waals surface area contributed by atoms with Gasteiger partial charge in [0.2, 0.25) is 0 Å². The summed E-state index contributed by atoms with van der Waals surface area (Å²) in [6, 6.07) is 4.31.